The number of nitrogens with one attached hydrogen (secondary N) is 1. The molecule has 1 rings (SSSR count). The molecule has 0 aliphatic carbocycles. The molecule has 1 aliphatic heterocycles. The van der Waals surface area contributed by atoms with E-state index in [-0.39, 0.29) is 12.5 Å². The van der Waals surface area contributed by atoms with E-state index in [1.807, 2.05) is 4.90 Å². The van der Waals surface area contributed by atoms with E-state index in [2.05, 4.69) is 12.2 Å². The molecule has 0 aromatic heterocycles. The van der Waals surface area contributed by atoms with Crippen LogP contribution in [0.25, 0.3) is 0 Å². The van der Waals surface area contributed by atoms with Crippen molar-refractivity contribution in [2.24, 2.45) is 0 Å². The maximum atomic E-state index is 11.2. The molecule has 4 heteroatoms. The van der Waals surface area contributed by atoms with Crippen LogP contribution in [0.3, 0.4) is 0 Å². The molecule has 0 bridgehead atoms. The van der Waals surface area contributed by atoms with Crippen LogP contribution in [0.4, 0.5) is 0 Å². The van der Waals surface area contributed by atoms with Gasteiger partial charge in [0.15, 0.2) is 0 Å². The highest BCUT2D eigenvalue weighted by molar-refractivity contribution is 5.77. The predicted molar refractivity (Wildman–Crippen MR) is 45.9 cm³/mol. The molecule has 70 valence electrons. The van der Waals surface area contributed by atoms with Gasteiger partial charge in [-0.2, -0.15) is 0 Å². The van der Waals surface area contributed by atoms with Crippen molar-refractivity contribution in [2.75, 3.05) is 39.4 Å². The number of carbonyl (C=O) groups excluding carboxylic acids is 1. The first-order chi connectivity index (χ1) is 5.84. The number of carbonyl (C=O) groups is 1. The highest BCUT2D eigenvalue weighted by atomic mass is 16.5. The Bertz CT molecular complexity index is 150. The number of likely N-dealkylation sites (N-methyl/N-ethyl adjacent to an activating group) is 1. The number of hydrogen-bond acceptors (Lipinski definition) is 3. The lowest BCUT2D eigenvalue weighted by molar-refractivity contribution is -0.142. The molecule has 1 saturated heterocycles. The third kappa shape index (κ3) is 2.79. The van der Waals surface area contributed by atoms with E-state index >= 15 is 0 Å². The summed E-state index contributed by atoms with van der Waals surface area (Å²) in [6.07, 6.45) is 0. The molecular formula is C8H16N2O2. The predicted octanol–water partition coefficient (Wildman–Crippen LogP) is -0.545. The summed E-state index contributed by atoms with van der Waals surface area (Å²) in [6.45, 7) is 6.37. The molecule has 1 amide bonds. The minimum atomic E-state index is 0.110. The third-order valence-electron chi connectivity index (χ3n) is 1.89. The van der Waals surface area contributed by atoms with E-state index in [9.17, 15) is 4.79 Å². The van der Waals surface area contributed by atoms with Crippen LogP contribution in [-0.2, 0) is 9.53 Å². The van der Waals surface area contributed by atoms with Crippen LogP contribution in [0.15, 0.2) is 0 Å². The van der Waals surface area contributed by atoms with Crippen molar-refractivity contribution in [3.8, 4) is 0 Å². The lowest BCUT2D eigenvalue weighted by Crippen LogP contribution is -2.44. The number of hydrogen-bond donors (Lipinski definition) is 1. The van der Waals surface area contributed by atoms with Crippen molar-refractivity contribution in [1.82, 2.24) is 10.2 Å². The molecule has 0 aromatic carbocycles. The van der Waals surface area contributed by atoms with Crippen LogP contribution < -0.4 is 5.32 Å². The van der Waals surface area contributed by atoms with E-state index in [1.54, 1.807) is 0 Å². The van der Waals surface area contributed by atoms with Crippen molar-refractivity contribution in [1.29, 1.82) is 0 Å². The Morgan fingerprint density at radius 2 is 2.50 bits per heavy atom. The topological polar surface area (TPSA) is 41.6 Å². The second-order valence-corrected chi connectivity index (χ2v) is 2.79. The average molecular weight is 172 g/mol. The zero-order valence-electron chi connectivity index (χ0n) is 7.51. The quantitative estimate of drug-likeness (QED) is 0.579. The minimum Gasteiger partial charge on any atom is -0.370 e. The molecule has 1 N–H and O–H groups in total. The van der Waals surface area contributed by atoms with E-state index in [1.165, 1.54) is 0 Å². The molecule has 12 heavy (non-hydrogen) atoms. The second kappa shape index (κ2) is 5.11. The molecule has 0 aromatic rings. The summed E-state index contributed by atoms with van der Waals surface area (Å²) in [5, 5.41) is 3.18. The van der Waals surface area contributed by atoms with Crippen LogP contribution in [0.1, 0.15) is 6.92 Å². The first-order valence-electron chi connectivity index (χ1n) is 4.41. The Morgan fingerprint density at radius 1 is 1.67 bits per heavy atom. The third-order valence-corrected chi connectivity index (χ3v) is 1.89. The van der Waals surface area contributed by atoms with Crippen molar-refractivity contribution in [2.45, 2.75) is 6.92 Å². The lowest BCUT2D eigenvalue weighted by Gasteiger charge is -2.26. The molecule has 1 fully saturated rings. The highest BCUT2D eigenvalue weighted by Gasteiger charge is 2.16. The van der Waals surface area contributed by atoms with Gasteiger partial charge in [-0.15, -0.1) is 0 Å². The molecule has 1 heterocycles. The minimum absolute atomic E-state index is 0.110. The van der Waals surface area contributed by atoms with Gasteiger partial charge in [0.25, 0.3) is 0 Å². The van der Waals surface area contributed by atoms with Gasteiger partial charge in [-0.3, -0.25) is 4.79 Å². The Morgan fingerprint density at radius 3 is 3.17 bits per heavy atom. The van der Waals surface area contributed by atoms with Gasteiger partial charge in [0, 0.05) is 19.6 Å². The van der Waals surface area contributed by atoms with Crippen LogP contribution in [-0.4, -0.2) is 50.2 Å². The molecule has 0 unspecified atom stereocenters. The second-order valence-electron chi connectivity index (χ2n) is 2.79. The highest BCUT2D eigenvalue weighted by Crippen LogP contribution is 1.96. The number of ether oxygens (including phenoxy) is 1. The summed E-state index contributed by atoms with van der Waals surface area (Å²) in [4.78, 5) is 13.0. The number of rotatable bonds is 4. The van der Waals surface area contributed by atoms with E-state index < -0.39 is 0 Å². The monoisotopic (exact) mass is 172 g/mol. The first-order valence-corrected chi connectivity index (χ1v) is 4.41. The number of nitrogens with zero attached hydrogens (tertiary/aromatic N) is 1. The molecule has 4 nitrogen and oxygen atoms in total. The van der Waals surface area contributed by atoms with E-state index in [4.69, 9.17) is 4.74 Å². The van der Waals surface area contributed by atoms with Crippen molar-refractivity contribution < 1.29 is 9.53 Å². The molecule has 0 saturated carbocycles. The largest absolute Gasteiger partial charge is 0.370 e. The average Bonchev–Trinajstić information content (AvgIpc) is 2.09. The van der Waals surface area contributed by atoms with Gasteiger partial charge in [0.1, 0.15) is 6.61 Å². The van der Waals surface area contributed by atoms with Crippen LogP contribution in [0.5, 0.6) is 0 Å². The number of morpholine rings is 1. The fourth-order valence-corrected chi connectivity index (χ4v) is 1.18. The fraction of sp³-hybridized carbons (Fsp3) is 0.875. The maximum absolute atomic E-state index is 11.2. The van der Waals surface area contributed by atoms with Gasteiger partial charge in [-0.05, 0) is 6.54 Å². The van der Waals surface area contributed by atoms with Crippen molar-refractivity contribution >= 4 is 5.91 Å². The first kappa shape index (κ1) is 9.48. The van der Waals surface area contributed by atoms with Gasteiger partial charge in [-0.1, -0.05) is 6.92 Å². The Kier molecular flexibility index (Phi) is 4.04. The SMILES string of the molecule is CCNCCN1CCOCC1=O. The van der Waals surface area contributed by atoms with Gasteiger partial charge in [-0.25, -0.2) is 0 Å². The summed E-state index contributed by atoms with van der Waals surface area (Å²) in [6, 6.07) is 0. The molecular weight excluding hydrogens is 156 g/mol. The van der Waals surface area contributed by atoms with Gasteiger partial charge >= 0.3 is 0 Å². The van der Waals surface area contributed by atoms with Crippen molar-refractivity contribution in [3.63, 3.8) is 0 Å². The standard InChI is InChI=1S/C8H16N2O2/c1-2-9-3-4-10-5-6-12-7-8(10)11/h9H,2-7H2,1H3. The van der Waals surface area contributed by atoms with Crippen molar-refractivity contribution in [3.05, 3.63) is 0 Å². The summed E-state index contributed by atoms with van der Waals surface area (Å²) in [5.41, 5.74) is 0. The van der Waals surface area contributed by atoms with Gasteiger partial charge in [0.05, 0.1) is 6.61 Å². The Labute approximate surface area is 72.9 Å². The summed E-state index contributed by atoms with van der Waals surface area (Å²) >= 11 is 0. The molecule has 1 aliphatic rings. The molecule has 0 radical (unpaired) electrons. The fourth-order valence-electron chi connectivity index (χ4n) is 1.18. The zero-order chi connectivity index (χ0) is 8.81. The normalized spacial score (nSPS) is 18.4. The van der Waals surface area contributed by atoms with E-state index in [0.717, 1.165) is 26.2 Å². The van der Waals surface area contributed by atoms with Gasteiger partial charge in [0.2, 0.25) is 5.91 Å². The summed E-state index contributed by atoms with van der Waals surface area (Å²) in [7, 11) is 0. The number of amides is 1. The summed E-state index contributed by atoms with van der Waals surface area (Å²) < 4.78 is 5.01. The van der Waals surface area contributed by atoms with Crippen LogP contribution in [0, 0.1) is 0 Å². The Hall–Kier alpha value is -0.610. The van der Waals surface area contributed by atoms with Crippen LogP contribution >= 0.6 is 0 Å². The zero-order valence-corrected chi connectivity index (χ0v) is 7.51. The van der Waals surface area contributed by atoms with Crippen LogP contribution in [0.2, 0.25) is 0 Å². The van der Waals surface area contributed by atoms with Gasteiger partial charge < -0.3 is 15.0 Å². The summed E-state index contributed by atoms with van der Waals surface area (Å²) in [5.74, 6) is 0.110. The van der Waals surface area contributed by atoms with E-state index in [0.29, 0.717) is 6.61 Å². The smallest absolute Gasteiger partial charge is 0.248 e. The lowest BCUT2D eigenvalue weighted by atomic mass is 10.4. The maximum Gasteiger partial charge on any atom is 0.248 e. The Balaban J connectivity index is 2.16. The molecule has 0 spiro atoms. The molecule has 0 atom stereocenters.